The number of esters is 1. The van der Waals surface area contributed by atoms with Crippen molar-refractivity contribution in [3.05, 3.63) is 78.1 Å². The van der Waals surface area contributed by atoms with Crippen LogP contribution in [0, 0.1) is 11.7 Å². The van der Waals surface area contributed by atoms with Gasteiger partial charge in [-0.3, -0.25) is 14.4 Å². The van der Waals surface area contributed by atoms with Crippen molar-refractivity contribution in [1.29, 1.82) is 0 Å². The van der Waals surface area contributed by atoms with Gasteiger partial charge in [0.1, 0.15) is 23.7 Å². The molecule has 38 heavy (non-hydrogen) atoms. The molecule has 2 saturated heterocycles. The van der Waals surface area contributed by atoms with Crippen molar-refractivity contribution in [2.45, 2.75) is 37.2 Å². The van der Waals surface area contributed by atoms with Gasteiger partial charge in [-0.2, -0.15) is 0 Å². The van der Waals surface area contributed by atoms with Gasteiger partial charge < -0.3 is 14.2 Å². The molecule has 0 amide bonds. The van der Waals surface area contributed by atoms with Crippen LogP contribution in [0.3, 0.4) is 0 Å². The average molecular weight is 538 g/mol. The summed E-state index contributed by atoms with van der Waals surface area (Å²) in [6.07, 6.45) is 3.82. The van der Waals surface area contributed by atoms with E-state index in [4.69, 9.17) is 4.74 Å². The third-order valence-electron chi connectivity index (χ3n) is 7.26. The minimum Gasteiger partial charge on any atom is -0.469 e. The first-order chi connectivity index (χ1) is 18.4. The van der Waals surface area contributed by atoms with Crippen LogP contribution in [0.1, 0.15) is 35.8 Å². The summed E-state index contributed by atoms with van der Waals surface area (Å²) >= 11 is 1.27. The molecule has 0 unspecified atom stereocenters. The molecule has 3 aromatic rings. The van der Waals surface area contributed by atoms with E-state index in [9.17, 15) is 14.4 Å². The van der Waals surface area contributed by atoms with E-state index in [1.165, 1.54) is 25.1 Å². The monoisotopic (exact) mass is 537 g/mol. The lowest BCUT2D eigenvalue weighted by Crippen LogP contribution is -2.45. The molecule has 11 heteroatoms. The number of nitrogens with zero attached hydrogens (tertiary/aromatic N) is 5. The van der Waals surface area contributed by atoms with E-state index >= 15 is 4.39 Å². The van der Waals surface area contributed by atoms with Crippen LogP contribution in [0.4, 0.5) is 10.1 Å². The number of Topliss-reactive ketones (excluding diaryl/α,β-unsaturated/α-hetero) is 2. The smallest absolute Gasteiger partial charge is 0.312 e. The van der Waals surface area contributed by atoms with Crippen molar-refractivity contribution in [1.82, 2.24) is 19.1 Å². The molecule has 0 aliphatic carbocycles. The summed E-state index contributed by atoms with van der Waals surface area (Å²) in [7, 11) is 1.36. The molecule has 3 heterocycles. The number of ether oxygens (including phenoxy) is 1. The number of ketones is 2. The van der Waals surface area contributed by atoms with E-state index in [-0.39, 0.29) is 18.6 Å². The Morgan fingerprint density at radius 2 is 1.84 bits per heavy atom. The largest absolute Gasteiger partial charge is 0.469 e. The number of piperidine rings is 1. The van der Waals surface area contributed by atoms with Crippen LogP contribution in [-0.4, -0.2) is 62.8 Å². The predicted octanol–water partition coefficient (Wildman–Crippen LogP) is 3.39. The van der Waals surface area contributed by atoms with Gasteiger partial charge in [0.25, 0.3) is 0 Å². The highest BCUT2D eigenvalue weighted by Crippen LogP contribution is 2.40. The molecule has 0 radical (unpaired) electrons. The molecular formula is C27H28FN5O4S. The Balaban J connectivity index is 1.32. The molecule has 2 aliphatic rings. The molecule has 1 aromatic heterocycles. The van der Waals surface area contributed by atoms with E-state index in [0.717, 1.165) is 5.56 Å². The number of anilines is 1. The molecular weight excluding hydrogens is 509 g/mol. The van der Waals surface area contributed by atoms with Crippen molar-refractivity contribution in [3.63, 3.8) is 0 Å². The molecule has 2 aliphatic heterocycles. The van der Waals surface area contributed by atoms with Gasteiger partial charge in [-0.05, 0) is 31.0 Å². The maximum atomic E-state index is 15.4. The van der Waals surface area contributed by atoms with Crippen LogP contribution >= 0.6 is 11.9 Å². The summed E-state index contributed by atoms with van der Waals surface area (Å²) < 4.78 is 24.0. The van der Waals surface area contributed by atoms with Crippen molar-refractivity contribution < 1.29 is 23.5 Å². The number of aromatic nitrogens is 3. The van der Waals surface area contributed by atoms with Gasteiger partial charge in [0.15, 0.2) is 0 Å². The van der Waals surface area contributed by atoms with Crippen molar-refractivity contribution in [3.8, 4) is 0 Å². The number of methoxy groups -OCH3 is 1. The van der Waals surface area contributed by atoms with E-state index in [1.807, 2.05) is 45.9 Å². The highest BCUT2D eigenvalue weighted by atomic mass is 32.2. The SMILES string of the molecule is COC(=O)[C@H]1CN(c2ccc(CN3S[C@H](c4ccccc4)C(=O)C(=O)[C@@H]3C)c(F)c2)CC[C@H]1n1cnnc1. The van der Waals surface area contributed by atoms with E-state index in [1.54, 1.807) is 29.9 Å². The second kappa shape index (κ2) is 11.0. The molecule has 0 N–H and O–H groups in total. The molecule has 2 aromatic carbocycles. The normalized spacial score (nSPS) is 24.4. The first kappa shape index (κ1) is 26.1. The van der Waals surface area contributed by atoms with Gasteiger partial charge >= 0.3 is 5.97 Å². The molecule has 0 bridgehead atoms. The Kier molecular flexibility index (Phi) is 7.57. The van der Waals surface area contributed by atoms with Crippen molar-refractivity contribution in [2.24, 2.45) is 5.92 Å². The lowest BCUT2D eigenvalue weighted by molar-refractivity contribution is -0.147. The van der Waals surface area contributed by atoms with Gasteiger partial charge in [0.2, 0.25) is 11.6 Å². The predicted molar refractivity (Wildman–Crippen MR) is 140 cm³/mol. The quantitative estimate of drug-likeness (QED) is 0.266. The third-order valence-corrected chi connectivity index (χ3v) is 8.68. The second-order valence-corrected chi connectivity index (χ2v) is 10.6. The Labute approximate surface area is 224 Å². The number of benzene rings is 2. The zero-order valence-electron chi connectivity index (χ0n) is 21.1. The number of halogens is 1. The minimum absolute atomic E-state index is 0.145. The van der Waals surface area contributed by atoms with Crippen LogP contribution < -0.4 is 4.90 Å². The molecule has 0 spiro atoms. The number of carbonyl (C=O) groups is 3. The summed E-state index contributed by atoms with van der Waals surface area (Å²) in [4.78, 5) is 40.0. The fraction of sp³-hybridized carbons (Fsp3) is 0.370. The van der Waals surface area contributed by atoms with E-state index in [0.29, 0.717) is 30.8 Å². The second-order valence-electron chi connectivity index (χ2n) is 9.49. The summed E-state index contributed by atoms with van der Waals surface area (Å²) in [6, 6.07) is 13.3. The molecule has 0 saturated carbocycles. The van der Waals surface area contributed by atoms with Crippen LogP contribution in [0.2, 0.25) is 0 Å². The lowest BCUT2D eigenvalue weighted by atomic mass is 9.91. The Morgan fingerprint density at radius 3 is 2.53 bits per heavy atom. The summed E-state index contributed by atoms with van der Waals surface area (Å²) in [6.45, 7) is 2.82. The van der Waals surface area contributed by atoms with Crippen molar-refractivity contribution in [2.75, 3.05) is 25.1 Å². The van der Waals surface area contributed by atoms with Gasteiger partial charge in [0, 0.05) is 30.9 Å². The first-order valence-corrected chi connectivity index (χ1v) is 13.2. The topological polar surface area (TPSA) is 97.6 Å². The van der Waals surface area contributed by atoms with Gasteiger partial charge in [0.05, 0.1) is 25.1 Å². The van der Waals surface area contributed by atoms with Gasteiger partial charge in [-0.1, -0.05) is 48.3 Å². The summed E-state index contributed by atoms with van der Waals surface area (Å²) in [5.74, 6) is -2.12. The zero-order valence-corrected chi connectivity index (χ0v) is 21.9. The van der Waals surface area contributed by atoms with Crippen LogP contribution in [-0.2, 0) is 25.7 Å². The Bertz CT molecular complexity index is 1320. The number of carbonyl (C=O) groups excluding carboxylic acids is 3. The highest BCUT2D eigenvalue weighted by Gasteiger charge is 2.41. The Hall–Kier alpha value is -3.57. The average Bonchev–Trinajstić information content (AvgIpc) is 3.49. The number of rotatable bonds is 6. The number of hydrogen-bond donors (Lipinski definition) is 0. The summed E-state index contributed by atoms with van der Waals surface area (Å²) in [5, 5.41) is 7.05. The molecule has 5 rings (SSSR count). The Morgan fingerprint density at radius 1 is 1.11 bits per heavy atom. The van der Waals surface area contributed by atoms with Gasteiger partial charge in [-0.15, -0.1) is 10.2 Å². The molecule has 4 atom stereocenters. The third kappa shape index (κ3) is 5.08. The highest BCUT2D eigenvalue weighted by molar-refractivity contribution is 7.98. The zero-order chi connectivity index (χ0) is 26.8. The summed E-state index contributed by atoms with van der Waals surface area (Å²) in [5.41, 5.74) is 1.83. The maximum absolute atomic E-state index is 15.4. The van der Waals surface area contributed by atoms with Crippen molar-refractivity contribution >= 4 is 35.2 Å². The van der Waals surface area contributed by atoms with Crippen LogP contribution in [0.15, 0.2) is 61.2 Å². The lowest BCUT2D eigenvalue weighted by Gasteiger charge is -2.38. The number of hydrogen-bond acceptors (Lipinski definition) is 9. The minimum atomic E-state index is -0.663. The first-order valence-electron chi connectivity index (χ1n) is 12.4. The molecule has 9 nitrogen and oxygen atoms in total. The molecule has 2 fully saturated rings. The fourth-order valence-corrected chi connectivity index (χ4v) is 6.33. The standard InChI is InChI=1S/C27H28FN5O4S/c1-17-24(34)25(35)26(18-6-4-3-5-7-18)38-33(17)13-19-8-9-20(12-22(19)28)31-11-10-23(32-15-29-30-16-32)21(14-31)27(36)37-2/h3-9,12,15-17,21,23,26H,10-11,13-14H2,1-2H3/t17-,21-,23+,26+/m0/s1. The van der Waals surface area contributed by atoms with Crippen LogP contribution in [0.25, 0.3) is 0 Å². The maximum Gasteiger partial charge on any atom is 0.312 e. The van der Waals surface area contributed by atoms with E-state index < -0.39 is 34.6 Å². The fourth-order valence-electron chi connectivity index (χ4n) is 5.08. The van der Waals surface area contributed by atoms with Gasteiger partial charge in [-0.25, -0.2) is 8.70 Å². The van der Waals surface area contributed by atoms with E-state index in [2.05, 4.69) is 10.2 Å². The molecule has 198 valence electrons. The van der Waals surface area contributed by atoms with Crippen LogP contribution in [0.5, 0.6) is 0 Å².